The van der Waals surface area contributed by atoms with Gasteiger partial charge in [0.15, 0.2) is 0 Å². The average molecular weight is 540 g/mol. The summed E-state index contributed by atoms with van der Waals surface area (Å²) in [5.74, 6) is 0. The number of aryl methyl sites for hydroxylation is 3. The summed E-state index contributed by atoms with van der Waals surface area (Å²) in [6.07, 6.45) is 1.93. The third kappa shape index (κ3) is 4.95. The molecule has 1 nitrogen and oxygen atoms in total. The number of hydrogen-bond acceptors (Lipinski definition) is 1. The van der Waals surface area contributed by atoms with Gasteiger partial charge in [0, 0.05) is 16.5 Å². The van der Waals surface area contributed by atoms with Crippen molar-refractivity contribution >= 4 is 38.6 Å². The molecule has 0 atom stereocenters. The Balaban J connectivity index is 1.33. The highest BCUT2D eigenvalue weighted by atomic mass is 15.1. The number of hydrogen-bond donors (Lipinski definition) is 0. The molecular weight excluding hydrogens is 506 g/mol. The minimum absolute atomic E-state index is 0.950. The monoisotopic (exact) mass is 539 g/mol. The smallest absolute Gasteiger partial charge is 0.0569 e. The normalized spacial score (nSPS) is 11.2. The third-order valence-corrected chi connectivity index (χ3v) is 8.31. The van der Waals surface area contributed by atoms with E-state index in [1.54, 1.807) is 0 Å². The SMILES string of the molecule is Cc1ccc2ccccc2c1N(c1ccccc1CCc1ccc(-c2ccccc2)cc1)c1cccc2ccccc12. The first-order valence-corrected chi connectivity index (χ1v) is 14.7. The van der Waals surface area contributed by atoms with E-state index in [2.05, 4.69) is 170 Å². The second kappa shape index (κ2) is 11.4. The summed E-state index contributed by atoms with van der Waals surface area (Å²) in [7, 11) is 0. The van der Waals surface area contributed by atoms with E-state index in [-0.39, 0.29) is 0 Å². The van der Waals surface area contributed by atoms with Crippen LogP contribution in [0.2, 0.25) is 0 Å². The predicted molar refractivity (Wildman–Crippen MR) is 180 cm³/mol. The van der Waals surface area contributed by atoms with Crippen LogP contribution in [0.4, 0.5) is 17.1 Å². The van der Waals surface area contributed by atoms with Crippen molar-refractivity contribution in [2.75, 3.05) is 4.90 Å². The predicted octanol–water partition coefficient (Wildman–Crippen LogP) is 11.2. The van der Waals surface area contributed by atoms with Crippen molar-refractivity contribution in [2.24, 2.45) is 0 Å². The minimum Gasteiger partial charge on any atom is -0.309 e. The van der Waals surface area contributed by atoms with Crippen LogP contribution in [0.1, 0.15) is 16.7 Å². The maximum Gasteiger partial charge on any atom is 0.0569 e. The Hall–Kier alpha value is -5.14. The average Bonchev–Trinajstić information content (AvgIpc) is 3.06. The minimum atomic E-state index is 0.950. The number of benzene rings is 7. The van der Waals surface area contributed by atoms with E-state index >= 15 is 0 Å². The lowest BCUT2D eigenvalue weighted by molar-refractivity contribution is 0.956. The molecule has 0 aliphatic carbocycles. The van der Waals surface area contributed by atoms with E-state index in [9.17, 15) is 0 Å². The first kappa shape index (κ1) is 25.8. The molecule has 0 bridgehead atoms. The van der Waals surface area contributed by atoms with Crippen molar-refractivity contribution in [2.45, 2.75) is 19.8 Å². The number of para-hydroxylation sites is 1. The van der Waals surface area contributed by atoms with E-state index < -0.39 is 0 Å². The molecule has 0 radical (unpaired) electrons. The second-order valence-electron chi connectivity index (χ2n) is 11.0. The van der Waals surface area contributed by atoms with Gasteiger partial charge in [-0.3, -0.25) is 0 Å². The molecule has 7 aromatic carbocycles. The molecule has 0 aliphatic heterocycles. The van der Waals surface area contributed by atoms with Gasteiger partial charge in [-0.25, -0.2) is 0 Å². The summed E-state index contributed by atoms with van der Waals surface area (Å²) in [5, 5.41) is 5.00. The Morgan fingerprint density at radius 1 is 0.429 bits per heavy atom. The van der Waals surface area contributed by atoms with Gasteiger partial charge in [-0.2, -0.15) is 0 Å². The van der Waals surface area contributed by atoms with Crippen LogP contribution in [-0.2, 0) is 12.8 Å². The maximum absolute atomic E-state index is 2.51. The Morgan fingerprint density at radius 3 is 1.83 bits per heavy atom. The Bertz CT molecular complexity index is 1980. The molecule has 0 N–H and O–H groups in total. The molecule has 7 aromatic rings. The largest absolute Gasteiger partial charge is 0.309 e. The summed E-state index contributed by atoms with van der Waals surface area (Å²) < 4.78 is 0. The van der Waals surface area contributed by atoms with Crippen molar-refractivity contribution in [1.82, 2.24) is 0 Å². The van der Waals surface area contributed by atoms with Gasteiger partial charge in [0.05, 0.1) is 11.4 Å². The molecule has 0 heterocycles. The van der Waals surface area contributed by atoms with Crippen LogP contribution >= 0.6 is 0 Å². The first-order valence-electron chi connectivity index (χ1n) is 14.7. The molecule has 202 valence electrons. The van der Waals surface area contributed by atoms with Gasteiger partial charge in [0.2, 0.25) is 0 Å². The van der Waals surface area contributed by atoms with E-state index in [0.717, 1.165) is 12.8 Å². The van der Waals surface area contributed by atoms with Crippen LogP contribution in [0.15, 0.2) is 158 Å². The second-order valence-corrected chi connectivity index (χ2v) is 11.0. The first-order chi connectivity index (χ1) is 20.8. The molecule has 42 heavy (non-hydrogen) atoms. The van der Waals surface area contributed by atoms with Crippen molar-refractivity contribution in [3.63, 3.8) is 0 Å². The molecule has 0 spiro atoms. The van der Waals surface area contributed by atoms with Crippen molar-refractivity contribution in [1.29, 1.82) is 0 Å². The van der Waals surface area contributed by atoms with Crippen molar-refractivity contribution < 1.29 is 0 Å². The van der Waals surface area contributed by atoms with Gasteiger partial charge in [0.25, 0.3) is 0 Å². The highest BCUT2D eigenvalue weighted by molar-refractivity contribution is 6.06. The molecule has 7 rings (SSSR count). The van der Waals surface area contributed by atoms with Crippen LogP contribution in [0.5, 0.6) is 0 Å². The van der Waals surface area contributed by atoms with Crippen LogP contribution in [0, 0.1) is 6.92 Å². The Morgan fingerprint density at radius 2 is 1.02 bits per heavy atom. The maximum atomic E-state index is 2.51. The fraction of sp³-hybridized carbons (Fsp3) is 0.0732. The number of fused-ring (bicyclic) bond motifs is 2. The quantitative estimate of drug-likeness (QED) is 0.195. The molecule has 0 aromatic heterocycles. The fourth-order valence-corrected chi connectivity index (χ4v) is 6.15. The van der Waals surface area contributed by atoms with Gasteiger partial charge in [0.1, 0.15) is 0 Å². The number of rotatable bonds is 7. The third-order valence-electron chi connectivity index (χ3n) is 8.31. The molecule has 0 aliphatic rings. The van der Waals surface area contributed by atoms with Gasteiger partial charge in [-0.15, -0.1) is 0 Å². The number of nitrogens with zero attached hydrogens (tertiary/aromatic N) is 1. The zero-order chi connectivity index (χ0) is 28.3. The summed E-state index contributed by atoms with van der Waals surface area (Å²) in [6, 6.07) is 57.2. The number of anilines is 3. The van der Waals surface area contributed by atoms with E-state index in [1.807, 2.05) is 0 Å². The lowest BCUT2D eigenvalue weighted by Crippen LogP contribution is -2.14. The molecule has 0 fully saturated rings. The van der Waals surface area contributed by atoms with Gasteiger partial charge in [-0.05, 0) is 70.5 Å². The Labute approximate surface area is 248 Å². The zero-order valence-electron chi connectivity index (χ0n) is 23.9. The van der Waals surface area contributed by atoms with Crippen molar-refractivity contribution in [3.8, 4) is 11.1 Å². The standard InChI is InChI=1S/C41H33N/c1-30-22-26-35-15-6-9-19-38(35)41(30)42(40-21-11-17-34-14-5-8-18-37(34)40)39-20-10-7-16-36(39)29-25-31-23-27-33(28-24-31)32-12-3-2-4-13-32/h2-24,26-28H,25,29H2,1H3. The molecule has 0 saturated carbocycles. The zero-order valence-corrected chi connectivity index (χ0v) is 23.9. The summed E-state index contributed by atoms with van der Waals surface area (Å²) >= 11 is 0. The highest BCUT2D eigenvalue weighted by Crippen LogP contribution is 2.44. The summed E-state index contributed by atoms with van der Waals surface area (Å²) in [4.78, 5) is 2.51. The summed E-state index contributed by atoms with van der Waals surface area (Å²) in [5.41, 5.74) is 10.1. The lowest BCUT2D eigenvalue weighted by Gasteiger charge is -2.31. The topological polar surface area (TPSA) is 3.24 Å². The molecule has 1 heteroatoms. The summed E-state index contributed by atoms with van der Waals surface area (Å²) in [6.45, 7) is 2.23. The molecular formula is C41H33N. The van der Waals surface area contributed by atoms with E-state index in [4.69, 9.17) is 0 Å². The van der Waals surface area contributed by atoms with Crippen LogP contribution in [0.3, 0.4) is 0 Å². The Kier molecular flexibility index (Phi) is 7.00. The van der Waals surface area contributed by atoms with Crippen LogP contribution in [-0.4, -0.2) is 0 Å². The van der Waals surface area contributed by atoms with E-state index in [0.29, 0.717) is 0 Å². The van der Waals surface area contributed by atoms with Gasteiger partial charge < -0.3 is 4.90 Å². The van der Waals surface area contributed by atoms with Crippen LogP contribution in [0.25, 0.3) is 32.7 Å². The molecule has 0 amide bonds. The molecule has 0 saturated heterocycles. The molecule has 0 unspecified atom stereocenters. The van der Waals surface area contributed by atoms with Gasteiger partial charge in [-0.1, -0.05) is 146 Å². The van der Waals surface area contributed by atoms with Crippen LogP contribution < -0.4 is 4.90 Å². The highest BCUT2D eigenvalue weighted by Gasteiger charge is 2.21. The van der Waals surface area contributed by atoms with E-state index in [1.165, 1.54) is 66.4 Å². The van der Waals surface area contributed by atoms with Gasteiger partial charge >= 0.3 is 0 Å². The van der Waals surface area contributed by atoms with Crippen molar-refractivity contribution in [3.05, 3.63) is 174 Å². The lowest BCUT2D eigenvalue weighted by atomic mass is 9.97. The fourth-order valence-electron chi connectivity index (χ4n) is 6.15.